The minimum Gasteiger partial charge on any atom is -0.506 e. The molecule has 1 fully saturated rings. The first kappa shape index (κ1) is 19.2. The van der Waals surface area contributed by atoms with Crippen molar-refractivity contribution in [3.05, 3.63) is 65.2 Å². The second kappa shape index (κ2) is 7.05. The number of phenolic OH excluding ortho intramolecular Hbond substituents is 1. The lowest BCUT2D eigenvalue weighted by atomic mass is 10.1. The maximum absolute atomic E-state index is 15.2. The average molecular weight is 437 g/mol. The van der Waals surface area contributed by atoms with Crippen molar-refractivity contribution in [3.63, 3.8) is 0 Å². The third-order valence-electron chi connectivity index (χ3n) is 4.37. The van der Waals surface area contributed by atoms with Gasteiger partial charge in [0.25, 0.3) is 5.91 Å². The largest absolute Gasteiger partial charge is 0.506 e. The number of aromatic nitrogens is 2. The SMILES string of the molecule is O=C1CN(c2c(O)ccc(-c3cnn(Cc4ccc(Cl)cc4)c3)c2F)S(=O)(=O)N1. The number of hydrogen-bond acceptors (Lipinski definition) is 5. The Labute approximate surface area is 170 Å². The van der Waals surface area contributed by atoms with Gasteiger partial charge in [0.05, 0.1) is 12.7 Å². The molecule has 0 spiro atoms. The van der Waals surface area contributed by atoms with E-state index in [-0.39, 0.29) is 5.56 Å². The van der Waals surface area contributed by atoms with Crippen LogP contribution in [0.3, 0.4) is 0 Å². The molecule has 2 heterocycles. The van der Waals surface area contributed by atoms with Gasteiger partial charge in [0, 0.05) is 22.3 Å². The van der Waals surface area contributed by atoms with Crippen LogP contribution in [0, 0.1) is 5.82 Å². The maximum atomic E-state index is 15.2. The van der Waals surface area contributed by atoms with Crippen LogP contribution >= 0.6 is 11.6 Å². The van der Waals surface area contributed by atoms with Crippen molar-refractivity contribution in [2.45, 2.75) is 6.54 Å². The summed E-state index contributed by atoms with van der Waals surface area (Å²) in [5, 5.41) is 14.9. The van der Waals surface area contributed by atoms with E-state index >= 15 is 4.39 Å². The van der Waals surface area contributed by atoms with Crippen molar-refractivity contribution in [3.8, 4) is 16.9 Å². The van der Waals surface area contributed by atoms with Crippen LogP contribution in [-0.2, 0) is 21.5 Å². The molecule has 3 aromatic rings. The fourth-order valence-electron chi connectivity index (χ4n) is 3.03. The number of halogens is 2. The number of amides is 1. The summed E-state index contributed by atoms with van der Waals surface area (Å²) >= 11 is 5.87. The predicted octanol–water partition coefficient (Wildman–Crippen LogP) is 2.28. The molecule has 29 heavy (non-hydrogen) atoms. The summed E-state index contributed by atoms with van der Waals surface area (Å²) in [6.45, 7) is -0.200. The number of carbonyl (C=O) groups is 1. The first-order valence-corrected chi connectivity index (χ1v) is 10.2. The van der Waals surface area contributed by atoms with Gasteiger partial charge < -0.3 is 5.11 Å². The van der Waals surface area contributed by atoms with Gasteiger partial charge in [0.1, 0.15) is 18.0 Å². The van der Waals surface area contributed by atoms with Gasteiger partial charge in [-0.2, -0.15) is 13.5 Å². The lowest BCUT2D eigenvalue weighted by Gasteiger charge is -2.18. The lowest BCUT2D eigenvalue weighted by molar-refractivity contribution is -0.117. The van der Waals surface area contributed by atoms with Gasteiger partial charge in [-0.25, -0.2) is 13.4 Å². The van der Waals surface area contributed by atoms with E-state index in [4.69, 9.17) is 11.6 Å². The Hall–Kier alpha value is -3.11. The molecule has 1 aliphatic heterocycles. The lowest BCUT2D eigenvalue weighted by Crippen LogP contribution is -2.30. The number of rotatable bonds is 4. The highest BCUT2D eigenvalue weighted by atomic mass is 35.5. The molecule has 11 heteroatoms. The zero-order chi connectivity index (χ0) is 20.8. The Kier molecular flexibility index (Phi) is 4.67. The number of aromatic hydroxyl groups is 1. The van der Waals surface area contributed by atoms with Gasteiger partial charge in [0.2, 0.25) is 0 Å². The van der Waals surface area contributed by atoms with E-state index in [0.29, 0.717) is 21.4 Å². The molecule has 1 aromatic heterocycles. The Morgan fingerprint density at radius 3 is 2.59 bits per heavy atom. The highest BCUT2D eigenvalue weighted by Crippen LogP contribution is 2.38. The van der Waals surface area contributed by atoms with Crippen LogP contribution in [0.4, 0.5) is 10.1 Å². The number of phenols is 1. The maximum Gasteiger partial charge on any atom is 0.326 e. The molecule has 150 valence electrons. The third kappa shape index (κ3) is 3.64. The molecule has 1 saturated heterocycles. The highest BCUT2D eigenvalue weighted by Gasteiger charge is 2.38. The average Bonchev–Trinajstić information content (AvgIpc) is 3.21. The Morgan fingerprint density at radius 1 is 1.21 bits per heavy atom. The number of carbonyl (C=O) groups excluding carboxylic acids is 1. The smallest absolute Gasteiger partial charge is 0.326 e. The first-order valence-electron chi connectivity index (χ1n) is 8.36. The Bertz CT molecular complexity index is 1210. The summed E-state index contributed by atoms with van der Waals surface area (Å²) in [5.74, 6) is -2.39. The van der Waals surface area contributed by atoms with E-state index in [9.17, 15) is 18.3 Å². The molecule has 4 rings (SSSR count). The summed E-state index contributed by atoms with van der Waals surface area (Å²) in [6, 6.07) is 9.66. The molecular weight excluding hydrogens is 423 g/mol. The molecule has 0 radical (unpaired) electrons. The minimum absolute atomic E-state index is 0.0368. The number of hydrogen-bond donors (Lipinski definition) is 2. The fourth-order valence-corrected chi connectivity index (χ4v) is 4.32. The summed E-state index contributed by atoms with van der Waals surface area (Å²) in [4.78, 5) is 11.5. The van der Waals surface area contributed by atoms with Crippen LogP contribution in [0.1, 0.15) is 5.56 Å². The van der Waals surface area contributed by atoms with Crippen LogP contribution in [0.2, 0.25) is 5.02 Å². The zero-order valence-electron chi connectivity index (χ0n) is 14.7. The monoisotopic (exact) mass is 436 g/mol. The zero-order valence-corrected chi connectivity index (χ0v) is 16.3. The van der Waals surface area contributed by atoms with Crippen molar-refractivity contribution < 1.29 is 22.7 Å². The summed E-state index contributed by atoms with van der Waals surface area (Å²) in [7, 11) is -4.27. The highest BCUT2D eigenvalue weighted by molar-refractivity contribution is 7.92. The number of nitrogens with zero attached hydrogens (tertiary/aromatic N) is 3. The van der Waals surface area contributed by atoms with Gasteiger partial charge >= 0.3 is 10.2 Å². The van der Waals surface area contributed by atoms with Crippen LogP contribution < -0.4 is 9.03 Å². The van der Waals surface area contributed by atoms with Gasteiger partial charge in [-0.1, -0.05) is 23.7 Å². The molecule has 0 saturated carbocycles. The quantitative estimate of drug-likeness (QED) is 0.653. The molecule has 2 N–H and O–H groups in total. The molecule has 0 atom stereocenters. The second-order valence-corrected chi connectivity index (χ2v) is 8.42. The van der Waals surface area contributed by atoms with Crippen LogP contribution in [-0.4, -0.2) is 35.8 Å². The second-order valence-electron chi connectivity index (χ2n) is 6.38. The van der Waals surface area contributed by atoms with E-state index in [1.54, 1.807) is 27.7 Å². The molecule has 1 aliphatic rings. The molecule has 8 nitrogen and oxygen atoms in total. The van der Waals surface area contributed by atoms with E-state index in [0.717, 1.165) is 5.56 Å². The van der Waals surface area contributed by atoms with Crippen LogP contribution in [0.5, 0.6) is 5.75 Å². The van der Waals surface area contributed by atoms with E-state index < -0.39 is 39.9 Å². The minimum atomic E-state index is -4.27. The summed E-state index contributed by atoms with van der Waals surface area (Å²) in [6.07, 6.45) is 3.02. The molecule has 2 aromatic carbocycles. The van der Waals surface area contributed by atoms with E-state index in [1.165, 1.54) is 18.3 Å². The summed E-state index contributed by atoms with van der Waals surface area (Å²) < 4.78 is 43.1. The number of benzene rings is 2. The first-order chi connectivity index (χ1) is 13.7. The fraction of sp³-hybridized carbons (Fsp3) is 0.111. The van der Waals surface area contributed by atoms with Crippen molar-refractivity contribution in [1.82, 2.24) is 14.5 Å². The predicted molar refractivity (Wildman–Crippen MR) is 104 cm³/mol. The Balaban J connectivity index is 1.69. The van der Waals surface area contributed by atoms with Crippen molar-refractivity contribution in [2.24, 2.45) is 0 Å². The number of nitrogens with one attached hydrogen (secondary N) is 1. The molecular formula is C18H14ClFN4O4S. The Morgan fingerprint density at radius 2 is 1.93 bits per heavy atom. The van der Waals surface area contributed by atoms with Gasteiger partial charge in [-0.15, -0.1) is 0 Å². The molecule has 0 bridgehead atoms. The molecule has 0 aliphatic carbocycles. The standard InChI is InChI=1S/C18H14ClFN4O4S/c19-13-3-1-11(2-4-13)8-23-9-12(7-21-23)14-5-6-15(25)18(17(14)20)24-10-16(26)22-29(24,27)28/h1-7,9,25H,8,10H2,(H,22,26). The van der Waals surface area contributed by atoms with Crippen LogP contribution in [0.15, 0.2) is 48.8 Å². The van der Waals surface area contributed by atoms with Crippen molar-refractivity contribution >= 4 is 33.4 Å². The molecule has 1 amide bonds. The van der Waals surface area contributed by atoms with Gasteiger partial charge in [-0.05, 0) is 29.8 Å². The van der Waals surface area contributed by atoms with E-state index in [1.807, 2.05) is 12.1 Å². The van der Waals surface area contributed by atoms with Crippen molar-refractivity contribution in [1.29, 1.82) is 0 Å². The normalized spacial score (nSPS) is 15.5. The third-order valence-corrected chi connectivity index (χ3v) is 6.00. The molecule has 0 unspecified atom stereocenters. The van der Waals surface area contributed by atoms with Crippen LogP contribution in [0.25, 0.3) is 11.1 Å². The number of anilines is 1. The van der Waals surface area contributed by atoms with Gasteiger partial charge in [0.15, 0.2) is 5.82 Å². The van der Waals surface area contributed by atoms with Crippen molar-refractivity contribution in [2.75, 3.05) is 10.8 Å². The topological polar surface area (TPSA) is 105 Å². The summed E-state index contributed by atoms with van der Waals surface area (Å²) in [5.41, 5.74) is 0.762. The van der Waals surface area contributed by atoms with E-state index in [2.05, 4.69) is 5.10 Å². The van der Waals surface area contributed by atoms with Gasteiger partial charge in [-0.3, -0.25) is 9.48 Å².